The lowest BCUT2D eigenvalue weighted by molar-refractivity contribution is 0.629. The highest BCUT2D eigenvalue weighted by Gasteiger charge is 2.09. The SMILES string of the molecule is Cn1c(CN)ccc1-c1cc2ccc(F)cc2[nH]1. The summed E-state index contributed by atoms with van der Waals surface area (Å²) in [5, 5.41) is 1.00. The fraction of sp³-hybridized carbons (Fsp3) is 0.143. The maximum atomic E-state index is 13.1. The first-order valence-electron chi connectivity index (χ1n) is 5.82. The molecule has 0 amide bonds. The molecule has 1 aromatic carbocycles. The Kier molecular flexibility index (Phi) is 2.45. The number of hydrogen-bond donors (Lipinski definition) is 2. The predicted octanol–water partition coefficient (Wildman–Crippen LogP) is 2.77. The smallest absolute Gasteiger partial charge is 0.125 e. The fourth-order valence-corrected chi connectivity index (χ4v) is 2.27. The van der Waals surface area contributed by atoms with Gasteiger partial charge in [-0.25, -0.2) is 4.39 Å². The molecule has 0 radical (unpaired) electrons. The quantitative estimate of drug-likeness (QED) is 0.714. The van der Waals surface area contributed by atoms with E-state index in [1.165, 1.54) is 12.1 Å². The zero-order valence-electron chi connectivity index (χ0n) is 10.1. The van der Waals surface area contributed by atoms with Crippen molar-refractivity contribution in [2.45, 2.75) is 6.54 Å². The van der Waals surface area contributed by atoms with Crippen LogP contribution in [-0.2, 0) is 13.6 Å². The largest absolute Gasteiger partial charge is 0.353 e. The van der Waals surface area contributed by atoms with Gasteiger partial charge in [-0.3, -0.25) is 0 Å². The summed E-state index contributed by atoms with van der Waals surface area (Å²) in [6, 6.07) is 10.8. The van der Waals surface area contributed by atoms with Gasteiger partial charge in [0.05, 0.1) is 11.4 Å². The molecule has 0 saturated carbocycles. The van der Waals surface area contributed by atoms with Crippen molar-refractivity contribution in [3.63, 3.8) is 0 Å². The third-order valence-electron chi connectivity index (χ3n) is 3.30. The number of nitrogens with one attached hydrogen (secondary N) is 1. The Hall–Kier alpha value is -2.07. The Morgan fingerprint density at radius 2 is 2.06 bits per heavy atom. The summed E-state index contributed by atoms with van der Waals surface area (Å²) in [5.41, 5.74) is 9.55. The third-order valence-corrected chi connectivity index (χ3v) is 3.30. The van der Waals surface area contributed by atoms with Crippen LogP contribution in [0, 0.1) is 5.82 Å². The van der Waals surface area contributed by atoms with E-state index >= 15 is 0 Å². The molecular weight excluding hydrogens is 229 g/mol. The molecule has 3 N–H and O–H groups in total. The van der Waals surface area contributed by atoms with E-state index in [1.54, 1.807) is 6.07 Å². The molecule has 0 bridgehead atoms. The topological polar surface area (TPSA) is 46.7 Å². The van der Waals surface area contributed by atoms with Crippen LogP contribution in [0.3, 0.4) is 0 Å². The van der Waals surface area contributed by atoms with Gasteiger partial charge in [-0.1, -0.05) is 0 Å². The van der Waals surface area contributed by atoms with Gasteiger partial charge in [-0.2, -0.15) is 0 Å². The van der Waals surface area contributed by atoms with E-state index in [0.717, 1.165) is 28.0 Å². The van der Waals surface area contributed by atoms with E-state index in [4.69, 9.17) is 5.73 Å². The van der Waals surface area contributed by atoms with Crippen molar-refractivity contribution in [2.24, 2.45) is 12.8 Å². The van der Waals surface area contributed by atoms with Crippen molar-refractivity contribution in [3.05, 3.63) is 47.9 Å². The van der Waals surface area contributed by atoms with Gasteiger partial charge in [-0.05, 0) is 36.4 Å². The van der Waals surface area contributed by atoms with Gasteiger partial charge in [0.1, 0.15) is 5.82 Å². The molecular formula is C14H14FN3. The second kappa shape index (κ2) is 3.99. The molecule has 0 aliphatic carbocycles. The lowest BCUT2D eigenvalue weighted by atomic mass is 10.2. The molecule has 4 heteroatoms. The monoisotopic (exact) mass is 243 g/mol. The van der Waals surface area contributed by atoms with E-state index in [2.05, 4.69) is 4.98 Å². The maximum absolute atomic E-state index is 13.1. The van der Waals surface area contributed by atoms with Crippen molar-refractivity contribution in [3.8, 4) is 11.4 Å². The minimum atomic E-state index is -0.231. The van der Waals surface area contributed by atoms with Crippen LogP contribution in [0.4, 0.5) is 4.39 Å². The number of halogens is 1. The van der Waals surface area contributed by atoms with E-state index in [-0.39, 0.29) is 5.82 Å². The molecule has 0 aliphatic heterocycles. The Bertz CT molecular complexity index is 709. The van der Waals surface area contributed by atoms with Crippen molar-refractivity contribution in [2.75, 3.05) is 0 Å². The van der Waals surface area contributed by atoms with Crippen molar-refractivity contribution in [1.29, 1.82) is 0 Å². The summed E-state index contributed by atoms with van der Waals surface area (Å²) in [6.45, 7) is 0.505. The molecule has 0 unspecified atom stereocenters. The first-order chi connectivity index (χ1) is 8.69. The molecule has 0 fully saturated rings. The number of nitrogens with zero attached hydrogens (tertiary/aromatic N) is 1. The lowest BCUT2D eigenvalue weighted by Crippen LogP contribution is -2.03. The molecule has 3 rings (SSSR count). The normalized spacial score (nSPS) is 11.3. The molecule has 3 aromatic rings. The van der Waals surface area contributed by atoms with Gasteiger partial charge >= 0.3 is 0 Å². The van der Waals surface area contributed by atoms with Crippen LogP contribution in [0.2, 0.25) is 0 Å². The summed E-state index contributed by atoms with van der Waals surface area (Å²) in [5.74, 6) is -0.231. The van der Waals surface area contributed by atoms with Crippen LogP contribution in [-0.4, -0.2) is 9.55 Å². The van der Waals surface area contributed by atoms with Crippen molar-refractivity contribution >= 4 is 10.9 Å². The summed E-state index contributed by atoms with van der Waals surface area (Å²) in [7, 11) is 1.98. The number of aromatic nitrogens is 2. The van der Waals surface area contributed by atoms with Crippen LogP contribution >= 0.6 is 0 Å². The highest BCUT2D eigenvalue weighted by atomic mass is 19.1. The molecule has 2 heterocycles. The number of fused-ring (bicyclic) bond motifs is 1. The van der Waals surface area contributed by atoms with Gasteiger partial charge in [0.2, 0.25) is 0 Å². The van der Waals surface area contributed by atoms with Crippen LogP contribution < -0.4 is 5.73 Å². The second-order valence-electron chi connectivity index (χ2n) is 4.39. The molecule has 18 heavy (non-hydrogen) atoms. The Balaban J connectivity index is 2.16. The molecule has 0 saturated heterocycles. The maximum Gasteiger partial charge on any atom is 0.125 e. The number of hydrogen-bond acceptors (Lipinski definition) is 1. The Labute approximate surface area is 104 Å². The van der Waals surface area contributed by atoms with Crippen LogP contribution in [0.25, 0.3) is 22.3 Å². The lowest BCUT2D eigenvalue weighted by Gasteiger charge is -2.04. The number of H-pyrrole nitrogens is 1. The van der Waals surface area contributed by atoms with Crippen LogP contribution in [0.1, 0.15) is 5.69 Å². The number of rotatable bonds is 2. The standard InChI is InChI=1S/C14H14FN3/c1-18-11(8-16)4-5-14(18)13-6-9-2-3-10(15)7-12(9)17-13/h2-7,17H,8,16H2,1H3. The second-order valence-corrected chi connectivity index (χ2v) is 4.39. The summed E-state index contributed by atoms with van der Waals surface area (Å²) in [6.07, 6.45) is 0. The third kappa shape index (κ3) is 1.62. The van der Waals surface area contributed by atoms with Crippen molar-refractivity contribution < 1.29 is 4.39 Å². The highest BCUT2D eigenvalue weighted by Crippen LogP contribution is 2.25. The van der Waals surface area contributed by atoms with Gasteiger partial charge in [-0.15, -0.1) is 0 Å². The molecule has 3 nitrogen and oxygen atoms in total. The average molecular weight is 243 g/mol. The van der Waals surface area contributed by atoms with Crippen LogP contribution in [0.15, 0.2) is 36.4 Å². The van der Waals surface area contributed by atoms with E-state index in [9.17, 15) is 4.39 Å². The Morgan fingerprint density at radius 3 is 2.78 bits per heavy atom. The minimum absolute atomic E-state index is 0.231. The zero-order chi connectivity index (χ0) is 12.7. The minimum Gasteiger partial charge on any atom is -0.353 e. The zero-order valence-corrected chi connectivity index (χ0v) is 10.1. The first kappa shape index (κ1) is 11.0. The average Bonchev–Trinajstić information content (AvgIpc) is 2.91. The number of benzene rings is 1. The summed E-state index contributed by atoms with van der Waals surface area (Å²) in [4.78, 5) is 3.23. The van der Waals surface area contributed by atoms with Gasteiger partial charge < -0.3 is 15.3 Å². The molecule has 0 atom stereocenters. The Morgan fingerprint density at radius 1 is 1.22 bits per heavy atom. The van der Waals surface area contributed by atoms with E-state index < -0.39 is 0 Å². The van der Waals surface area contributed by atoms with Crippen molar-refractivity contribution in [1.82, 2.24) is 9.55 Å². The van der Waals surface area contributed by atoms with Crippen LogP contribution in [0.5, 0.6) is 0 Å². The number of aromatic amines is 1. The predicted molar refractivity (Wildman–Crippen MR) is 70.6 cm³/mol. The van der Waals surface area contributed by atoms with E-state index in [1.807, 2.05) is 29.8 Å². The van der Waals surface area contributed by atoms with Gasteiger partial charge in [0.25, 0.3) is 0 Å². The molecule has 92 valence electrons. The highest BCUT2D eigenvalue weighted by molar-refractivity contribution is 5.85. The summed E-state index contributed by atoms with van der Waals surface area (Å²) < 4.78 is 15.2. The number of nitrogens with two attached hydrogens (primary N) is 1. The fourth-order valence-electron chi connectivity index (χ4n) is 2.27. The summed E-state index contributed by atoms with van der Waals surface area (Å²) >= 11 is 0. The molecule has 0 aliphatic rings. The first-order valence-corrected chi connectivity index (χ1v) is 5.82. The molecule has 0 spiro atoms. The van der Waals surface area contributed by atoms with E-state index in [0.29, 0.717) is 6.54 Å². The van der Waals surface area contributed by atoms with Gasteiger partial charge in [0.15, 0.2) is 0 Å². The van der Waals surface area contributed by atoms with Gasteiger partial charge in [0, 0.05) is 30.2 Å². The molecule has 2 aromatic heterocycles.